The van der Waals surface area contributed by atoms with Crippen LogP contribution in [0.4, 0.5) is 0 Å². The molecule has 1 saturated heterocycles. The Morgan fingerprint density at radius 1 is 1.21 bits per heavy atom. The van der Waals surface area contributed by atoms with Gasteiger partial charge < -0.3 is 4.74 Å². The zero-order valence-corrected chi connectivity index (χ0v) is 18.0. The van der Waals surface area contributed by atoms with Gasteiger partial charge in [0.15, 0.2) is 0 Å². The van der Waals surface area contributed by atoms with Crippen LogP contribution in [0.1, 0.15) is 29.8 Å². The van der Waals surface area contributed by atoms with Crippen LogP contribution in [-0.4, -0.2) is 58.8 Å². The van der Waals surface area contributed by atoms with E-state index in [1.54, 1.807) is 10.7 Å². The SMILES string of the molecule is CCc1nn(C)c(Cl)c1CN1CCN(C(C(=O)OC)c2ccccc2Cl)CC1. The number of nitrogens with zero attached hydrogens (tertiary/aromatic N) is 4. The summed E-state index contributed by atoms with van der Waals surface area (Å²) in [5, 5.41) is 5.77. The fraction of sp³-hybridized carbons (Fsp3) is 0.500. The number of halogens is 2. The van der Waals surface area contributed by atoms with Gasteiger partial charge in [-0.1, -0.05) is 48.3 Å². The van der Waals surface area contributed by atoms with Crippen LogP contribution in [0.25, 0.3) is 0 Å². The van der Waals surface area contributed by atoms with Crippen LogP contribution >= 0.6 is 23.2 Å². The second-order valence-corrected chi connectivity index (χ2v) is 7.72. The minimum Gasteiger partial charge on any atom is -0.468 e. The van der Waals surface area contributed by atoms with Crippen molar-refractivity contribution in [2.45, 2.75) is 25.9 Å². The van der Waals surface area contributed by atoms with Crippen LogP contribution in [0.2, 0.25) is 10.2 Å². The van der Waals surface area contributed by atoms with Crippen molar-refractivity contribution >= 4 is 29.2 Å². The molecule has 0 aliphatic carbocycles. The Kier molecular flexibility index (Phi) is 6.99. The van der Waals surface area contributed by atoms with Crippen molar-refractivity contribution in [2.24, 2.45) is 7.05 Å². The highest BCUT2D eigenvalue weighted by molar-refractivity contribution is 6.31. The van der Waals surface area contributed by atoms with Crippen molar-refractivity contribution in [2.75, 3.05) is 33.3 Å². The van der Waals surface area contributed by atoms with Crippen molar-refractivity contribution < 1.29 is 9.53 Å². The lowest BCUT2D eigenvalue weighted by molar-refractivity contribution is -0.148. The van der Waals surface area contributed by atoms with Crippen LogP contribution in [-0.2, 0) is 29.5 Å². The molecule has 0 bridgehead atoms. The van der Waals surface area contributed by atoms with E-state index in [9.17, 15) is 4.79 Å². The van der Waals surface area contributed by atoms with Gasteiger partial charge in [0, 0.05) is 50.4 Å². The predicted octanol–water partition coefficient (Wildman–Crippen LogP) is 3.32. The maximum atomic E-state index is 12.5. The second-order valence-electron chi connectivity index (χ2n) is 6.95. The van der Waals surface area contributed by atoms with E-state index in [0.29, 0.717) is 10.2 Å². The Morgan fingerprint density at radius 2 is 1.89 bits per heavy atom. The molecule has 1 aromatic carbocycles. The normalized spacial score (nSPS) is 16.9. The quantitative estimate of drug-likeness (QED) is 0.665. The number of rotatable bonds is 6. The third kappa shape index (κ3) is 4.35. The number of hydrogen-bond acceptors (Lipinski definition) is 5. The molecule has 3 rings (SSSR count). The Hall–Kier alpha value is -1.60. The van der Waals surface area contributed by atoms with Crippen LogP contribution in [0, 0.1) is 0 Å². The van der Waals surface area contributed by atoms with Gasteiger partial charge in [0.25, 0.3) is 0 Å². The predicted molar refractivity (Wildman–Crippen MR) is 111 cm³/mol. The number of carbonyl (C=O) groups is 1. The first-order valence-electron chi connectivity index (χ1n) is 9.45. The van der Waals surface area contributed by atoms with Gasteiger partial charge in [-0.3, -0.25) is 14.5 Å². The summed E-state index contributed by atoms with van der Waals surface area (Å²) < 4.78 is 6.80. The summed E-state index contributed by atoms with van der Waals surface area (Å²) in [6, 6.07) is 6.96. The molecule has 0 spiro atoms. The maximum absolute atomic E-state index is 12.5. The van der Waals surface area contributed by atoms with Crippen molar-refractivity contribution in [3.8, 4) is 0 Å². The van der Waals surface area contributed by atoms with Gasteiger partial charge in [-0.05, 0) is 18.1 Å². The molecule has 1 aliphatic rings. The van der Waals surface area contributed by atoms with Gasteiger partial charge in [-0.15, -0.1) is 0 Å². The monoisotopic (exact) mass is 424 g/mol. The third-order valence-electron chi connectivity index (χ3n) is 5.27. The van der Waals surface area contributed by atoms with E-state index in [2.05, 4.69) is 21.8 Å². The maximum Gasteiger partial charge on any atom is 0.327 e. The number of aromatic nitrogens is 2. The molecule has 152 valence electrons. The highest BCUT2D eigenvalue weighted by Crippen LogP contribution is 2.30. The molecular formula is C20H26Cl2N4O2. The van der Waals surface area contributed by atoms with E-state index in [0.717, 1.165) is 56.0 Å². The summed E-state index contributed by atoms with van der Waals surface area (Å²) in [5.74, 6) is -0.287. The number of methoxy groups -OCH3 is 1. The molecule has 2 aromatic rings. The molecule has 28 heavy (non-hydrogen) atoms. The van der Waals surface area contributed by atoms with E-state index in [1.165, 1.54) is 7.11 Å². The van der Waals surface area contributed by atoms with Gasteiger partial charge in [0.05, 0.1) is 12.8 Å². The Morgan fingerprint density at radius 3 is 2.50 bits per heavy atom. The number of benzene rings is 1. The first-order chi connectivity index (χ1) is 13.5. The summed E-state index contributed by atoms with van der Waals surface area (Å²) in [6.45, 7) is 5.98. The average molecular weight is 425 g/mol. The lowest BCUT2D eigenvalue weighted by atomic mass is 10.0. The molecule has 1 fully saturated rings. The summed E-state index contributed by atoms with van der Waals surface area (Å²) in [4.78, 5) is 17.0. The zero-order chi connectivity index (χ0) is 20.3. The summed E-state index contributed by atoms with van der Waals surface area (Å²) >= 11 is 12.8. The molecule has 1 unspecified atom stereocenters. The molecule has 2 heterocycles. The van der Waals surface area contributed by atoms with E-state index in [-0.39, 0.29) is 5.97 Å². The molecular weight excluding hydrogens is 399 g/mol. The molecule has 1 aliphatic heterocycles. The van der Waals surface area contributed by atoms with Crippen molar-refractivity contribution in [1.82, 2.24) is 19.6 Å². The third-order valence-corrected chi connectivity index (χ3v) is 6.08. The summed E-state index contributed by atoms with van der Waals surface area (Å²) in [7, 11) is 3.28. The molecule has 0 amide bonds. The minimum absolute atomic E-state index is 0.287. The van der Waals surface area contributed by atoms with Gasteiger partial charge >= 0.3 is 5.97 Å². The van der Waals surface area contributed by atoms with Crippen LogP contribution in [0.3, 0.4) is 0 Å². The lowest BCUT2D eigenvalue weighted by Gasteiger charge is -2.38. The first-order valence-corrected chi connectivity index (χ1v) is 10.2. The van der Waals surface area contributed by atoms with Gasteiger partial charge in [-0.25, -0.2) is 4.79 Å². The molecule has 1 aromatic heterocycles. The lowest BCUT2D eigenvalue weighted by Crippen LogP contribution is -2.49. The van der Waals surface area contributed by atoms with Gasteiger partial charge in [0.2, 0.25) is 0 Å². The molecule has 1 atom stereocenters. The fourth-order valence-corrected chi connectivity index (χ4v) is 4.17. The number of aryl methyl sites for hydroxylation is 2. The van der Waals surface area contributed by atoms with Crippen molar-refractivity contribution in [3.63, 3.8) is 0 Å². The van der Waals surface area contributed by atoms with Gasteiger partial charge in [-0.2, -0.15) is 5.10 Å². The van der Waals surface area contributed by atoms with E-state index in [1.807, 2.05) is 25.2 Å². The highest BCUT2D eigenvalue weighted by Gasteiger charge is 2.33. The number of piperazine rings is 1. The van der Waals surface area contributed by atoms with Crippen LogP contribution in [0.15, 0.2) is 24.3 Å². The Balaban J connectivity index is 1.71. The average Bonchev–Trinajstić information content (AvgIpc) is 2.98. The summed E-state index contributed by atoms with van der Waals surface area (Å²) in [5.41, 5.74) is 2.92. The van der Waals surface area contributed by atoms with Crippen molar-refractivity contribution in [3.05, 3.63) is 51.3 Å². The minimum atomic E-state index is -0.492. The Labute approximate surface area is 176 Å². The Bertz CT molecular complexity index is 832. The number of ether oxygens (including phenoxy) is 1. The van der Waals surface area contributed by atoms with Crippen LogP contribution < -0.4 is 0 Å². The first kappa shape index (κ1) is 21.1. The standard InChI is InChI=1S/C20H26Cl2N4O2/c1-4-17-15(19(22)24(2)23-17)13-25-9-11-26(12-10-25)18(20(27)28-3)14-7-5-6-8-16(14)21/h5-8,18H,4,9-13H2,1-3H3. The molecule has 0 N–H and O–H groups in total. The number of carbonyl (C=O) groups excluding carboxylic acids is 1. The highest BCUT2D eigenvalue weighted by atomic mass is 35.5. The number of hydrogen-bond donors (Lipinski definition) is 0. The smallest absolute Gasteiger partial charge is 0.327 e. The molecule has 0 saturated carbocycles. The van der Waals surface area contributed by atoms with Crippen LogP contribution in [0.5, 0.6) is 0 Å². The topological polar surface area (TPSA) is 50.6 Å². The molecule has 8 heteroatoms. The van der Waals surface area contributed by atoms with Gasteiger partial charge in [0.1, 0.15) is 11.2 Å². The number of esters is 1. The second kappa shape index (κ2) is 9.27. The molecule has 6 nitrogen and oxygen atoms in total. The molecule has 0 radical (unpaired) electrons. The summed E-state index contributed by atoms with van der Waals surface area (Å²) in [6.07, 6.45) is 0.854. The largest absolute Gasteiger partial charge is 0.468 e. The van der Waals surface area contributed by atoms with E-state index in [4.69, 9.17) is 27.9 Å². The van der Waals surface area contributed by atoms with E-state index < -0.39 is 6.04 Å². The van der Waals surface area contributed by atoms with Crippen molar-refractivity contribution in [1.29, 1.82) is 0 Å². The fourth-order valence-electron chi connectivity index (χ4n) is 3.72. The zero-order valence-electron chi connectivity index (χ0n) is 16.5. The van der Waals surface area contributed by atoms with E-state index >= 15 is 0 Å².